The molecule has 1 amide bonds. The third kappa shape index (κ3) is 4.74. The van der Waals surface area contributed by atoms with Gasteiger partial charge in [0, 0.05) is 16.8 Å². The van der Waals surface area contributed by atoms with E-state index in [1.54, 1.807) is 16.9 Å². The van der Waals surface area contributed by atoms with Crippen molar-refractivity contribution in [1.29, 1.82) is 0 Å². The lowest BCUT2D eigenvalue weighted by Crippen LogP contribution is -2.24. The second-order valence-electron chi connectivity index (χ2n) is 7.40. The third-order valence-corrected chi connectivity index (χ3v) is 5.21. The first-order chi connectivity index (χ1) is 14.2. The quantitative estimate of drug-likeness (QED) is 0.676. The van der Waals surface area contributed by atoms with E-state index in [0.29, 0.717) is 23.9 Å². The van der Waals surface area contributed by atoms with E-state index in [9.17, 15) is 4.79 Å². The summed E-state index contributed by atoms with van der Waals surface area (Å²) in [7, 11) is 0. The van der Waals surface area contributed by atoms with Gasteiger partial charge in [0.2, 0.25) is 5.82 Å². The molecule has 0 spiro atoms. The first-order valence-electron chi connectivity index (χ1n) is 9.98. The summed E-state index contributed by atoms with van der Waals surface area (Å²) in [5.74, 6) is 0.854. The zero-order valence-electron chi connectivity index (χ0n) is 16.5. The van der Waals surface area contributed by atoms with Crippen LogP contribution in [0.5, 0.6) is 0 Å². The molecule has 4 rings (SSSR count). The van der Waals surface area contributed by atoms with Crippen LogP contribution >= 0.6 is 0 Å². The second-order valence-corrected chi connectivity index (χ2v) is 7.40. The Bertz CT molecular complexity index is 994. The van der Waals surface area contributed by atoms with Gasteiger partial charge in [-0.3, -0.25) is 4.79 Å². The Kier molecular flexibility index (Phi) is 5.74. The van der Waals surface area contributed by atoms with Gasteiger partial charge < -0.3 is 0 Å². The number of aromatic nitrogens is 4. The zero-order valence-corrected chi connectivity index (χ0v) is 16.5. The Hall–Kier alpha value is -3.35. The summed E-state index contributed by atoms with van der Waals surface area (Å²) in [6, 6.07) is 17.1. The van der Waals surface area contributed by atoms with Crippen LogP contribution in [-0.4, -0.2) is 31.8 Å². The summed E-state index contributed by atoms with van der Waals surface area (Å²) >= 11 is 0. The molecule has 1 N–H and O–H groups in total. The average molecular weight is 388 g/mol. The number of tetrazole rings is 1. The van der Waals surface area contributed by atoms with E-state index in [2.05, 4.69) is 32.9 Å². The molecule has 1 aliphatic rings. The van der Waals surface area contributed by atoms with Gasteiger partial charge in [0.05, 0.1) is 6.54 Å². The molecule has 0 saturated heterocycles. The van der Waals surface area contributed by atoms with Crippen LogP contribution in [0.1, 0.15) is 48.5 Å². The highest BCUT2D eigenvalue weighted by Gasteiger charge is 2.16. The van der Waals surface area contributed by atoms with E-state index in [4.69, 9.17) is 0 Å². The van der Waals surface area contributed by atoms with Gasteiger partial charge in [-0.15, -0.1) is 10.2 Å². The van der Waals surface area contributed by atoms with Gasteiger partial charge in [0.15, 0.2) is 0 Å². The highest BCUT2D eigenvalue weighted by Crippen LogP contribution is 2.20. The number of carbonyl (C=O) groups excluding carboxylic acids is 1. The van der Waals surface area contributed by atoms with Crippen molar-refractivity contribution in [1.82, 2.24) is 25.6 Å². The molecule has 3 aromatic rings. The van der Waals surface area contributed by atoms with E-state index in [1.807, 2.05) is 42.5 Å². The van der Waals surface area contributed by atoms with Crippen molar-refractivity contribution in [2.45, 2.75) is 39.2 Å². The second kappa shape index (κ2) is 8.77. The number of amides is 1. The van der Waals surface area contributed by atoms with Crippen LogP contribution in [0, 0.1) is 5.92 Å². The van der Waals surface area contributed by atoms with Gasteiger partial charge in [-0.2, -0.15) is 9.90 Å². The normalized spacial score (nSPS) is 18.0. The van der Waals surface area contributed by atoms with Crippen LogP contribution < -0.4 is 5.43 Å². The smallest absolute Gasteiger partial charge is 0.267 e. The zero-order chi connectivity index (χ0) is 20.1. The highest BCUT2D eigenvalue weighted by molar-refractivity contribution is 5.95. The predicted molar refractivity (Wildman–Crippen MR) is 111 cm³/mol. The van der Waals surface area contributed by atoms with Crippen LogP contribution in [0.4, 0.5) is 0 Å². The van der Waals surface area contributed by atoms with Crippen LogP contribution in [0.3, 0.4) is 0 Å². The molecule has 148 valence electrons. The molecule has 1 fully saturated rings. The topological polar surface area (TPSA) is 85.1 Å². The van der Waals surface area contributed by atoms with Gasteiger partial charge >= 0.3 is 0 Å². The molecule has 1 heterocycles. The van der Waals surface area contributed by atoms with Crippen LogP contribution in [0.15, 0.2) is 59.7 Å². The number of nitrogens with zero attached hydrogens (tertiary/aromatic N) is 5. The summed E-state index contributed by atoms with van der Waals surface area (Å²) < 4.78 is 0. The Morgan fingerprint density at radius 2 is 1.93 bits per heavy atom. The first-order valence-corrected chi connectivity index (χ1v) is 9.98. The molecular weight excluding hydrogens is 364 g/mol. The molecule has 0 radical (unpaired) electrons. The van der Waals surface area contributed by atoms with E-state index in [1.165, 1.54) is 6.42 Å². The first kappa shape index (κ1) is 19.0. The SMILES string of the molecule is C[C@H]1CCCCC1=NNC(=O)c1ccc(Cn2nnc(-c3ccccc3)n2)cc1. The number of benzene rings is 2. The highest BCUT2D eigenvalue weighted by atomic mass is 16.2. The van der Waals surface area contributed by atoms with Crippen molar-refractivity contribution >= 4 is 11.6 Å². The maximum Gasteiger partial charge on any atom is 0.271 e. The molecule has 29 heavy (non-hydrogen) atoms. The van der Waals surface area contributed by atoms with Crippen molar-refractivity contribution in [2.75, 3.05) is 0 Å². The molecule has 7 heteroatoms. The lowest BCUT2D eigenvalue weighted by Gasteiger charge is -2.19. The van der Waals surface area contributed by atoms with Gasteiger partial charge in [-0.05, 0) is 48.1 Å². The van der Waals surface area contributed by atoms with Crippen molar-refractivity contribution in [3.05, 3.63) is 65.7 Å². The maximum atomic E-state index is 12.4. The number of carbonyl (C=O) groups is 1. The molecular formula is C22H24N6O. The minimum Gasteiger partial charge on any atom is -0.267 e. The summed E-state index contributed by atoms with van der Waals surface area (Å²) in [6.45, 7) is 2.65. The third-order valence-electron chi connectivity index (χ3n) is 5.21. The fourth-order valence-corrected chi connectivity index (χ4v) is 3.46. The van der Waals surface area contributed by atoms with Gasteiger partial charge in [-0.1, -0.05) is 55.8 Å². The van der Waals surface area contributed by atoms with E-state index in [0.717, 1.165) is 36.1 Å². The van der Waals surface area contributed by atoms with Gasteiger partial charge in [0.1, 0.15) is 0 Å². The van der Waals surface area contributed by atoms with Gasteiger partial charge in [0.25, 0.3) is 5.91 Å². The Morgan fingerprint density at radius 1 is 1.14 bits per heavy atom. The number of hydrogen-bond donors (Lipinski definition) is 1. The largest absolute Gasteiger partial charge is 0.271 e. The standard InChI is InChI=1S/C22H24N6O/c1-16-7-5-6-10-20(16)23-25-22(29)19-13-11-17(12-14-19)15-28-26-21(24-27-28)18-8-3-2-4-9-18/h2-4,8-9,11-14,16H,5-7,10,15H2,1H3,(H,25,29)/t16-/m0/s1. The van der Waals surface area contributed by atoms with Gasteiger partial charge in [-0.25, -0.2) is 5.43 Å². The number of nitrogens with one attached hydrogen (secondary N) is 1. The molecule has 0 aliphatic heterocycles. The molecule has 1 atom stereocenters. The number of rotatable bonds is 5. The molecule has 0 unspecified atom stereocenters. The lowest BCUT2D eigenvalue weighted by molar-refractivity contribution is 0.0954. The van der Waals surface area contributed by atoms with Crippen molar-refractivity contribution in [2.24, 2.45) is 11.0 Å². The van der Waals surface area contributed by atoms with Crippen molar-refractivity contribution < 1.29 is 4.79 Å². The molecule has 7 nitrogen and oxygen atoms in total. The molecule has 2 aromatic carbocycles. The molecule has 1 aliphatic carbocycles. The monoisotopic (exact) mass is 388 g/mol. The Labute approximate surface area is 169 Å². The van der Waals surface area contributed by atoms with Crippen LogP contribution in [0.2, 0.25) is 0 Å². The minimum absolute atomic E-state index is 0.188. The Balaban J connectivity index is 1.37. The average Bonchev–Trinajstić information content (AvgIpc) is 3.23. The summed E-state index contributed by atoms with van der Waals surface area (Å²) in [6.07, 6.45) is 4.50. The molecule has 1 saturated carbocycles. The van der Waals surface area contributed by atoms with Crippen molar-refractivity contribution in [3.8, 4) is 11.4 Å². The fraction of sp³-hybridized carbons (Fsp3) is 0.318. The Morgan fingerprint density at radius 3 is 2.69 bits per heavy atom. The number of hydrazone groups is 1. The minimum atomic E-state index is -0.188. The van der Waals surface area contributed by atoms with Crippen LogP contribution in [0.25, 0.3) is 11.4 Å². The summed E-state index contributed by atoms with van der Waals surface area (Å²) in [4.78, 5) is 13.9. The van der Waals surface area contributed by atoms with E-state index < -0.39 is 0 Å². The summed E-state index contributed by atoms with van der Waals surface area (Å²) in [5.41, 5.74) is 6.29. The molecule has 1 aromatic heterocycles. The summed E-state index contributed by atoms with van der Waals surface area (Å²) in [5, 5.41) is 17.0. The fourth-order valence-electron chi connectivity index (χ4n) is 3.46. The predicted octanol–water partition coefficient (Wildman–Crippen LogP) is 3.68. The number of hydrogen-bond acceptors (Lipinski definition) is 5. The van der Waals surface area contributed by atoms with Crippen molar-refractivity contribution in [3.63, 3.8) is 0 Å². The van der Waals surface area contributed by atoms with Crippen LogP contribution in [-0.2, 0) is 6.54 Å². The van der Waals surface area contributed by atoms with E-state index in [-0.39, 0.29) is 5.91 Å². The lowest BCUT2D eigenvalue weighted by atomic mass is 9.89. The molecule has 0 bridgehead atoms. The maximum absolute atomic E-state index is 12.4. The van der Waals surface area contributed by atoms with E-state index >= 15 is 0 Å².